The summed E-state index contributed by atoms with van der Waals surface area (Å²) in [5, 5.41) is 8.24. The van der Waals surface area contributed by atoms with Crippen molar-refractivity contribution in [1.82, 2.24) is 15.6 Å². The first-order valence-electron chi connectivity index (χ1n) is 12.1. The largest absolute Gasteiger partial charge is 0.347 e. The number of nitrogens with zero attached hydrogens (tertiary/aromatic N) is 1. The molecule has 1 amide bonds. The van der Waals surface area contributed by atoms with Crippen LogP contribution in [0.25, 0.3) is 10.9 Å². The van der Waals surface area contributed by atoms with Gasteiger partial charge in [0.1, 0.15) is 0 Å². The number of aromatic nitrogens is 1. The maximum absolute atomic E-state index is 13.3. The Kier molecular flexibility index (Phi) is 8.81. The zero-order chi connectivity index (χ0) is 22.9. The summed E-state index contributed by atoms with van der Waals surface area (Å²) in [5.41, 5.74) is 3.14. The van der Waals surface area contributed by atoms with Crippen LogP contribution in [0.5, 0.6) is 0 Å². The summed E-state index contributed by atoms with van der Waals surface area (Å²) < 4.78 is 0. The molecule has 1 aliphatic heterocycles. The molecule has 4 nitrogen and oxygen atoms in total. The summed E-state index contributed by atoms with van der Waals surface area (Å²) in [6.07, 6.45) is 5.30. The molecule has 4 unspecified atom stereocenters. The van der Waals surface area contributed by atoms with Gasteiger partial charge in [0.25, 0.3) is 0 Å². The lowest BCUT2D eigenvalue weighted by molar-refractivity contribution is -0.123. The smallest absolute Gasteiger partial charge is 0.227 e. The Morgan fingerprint density at radius 3 is 2.47 bits per heavy atom. The van der Waals surface area contributed by atoms with Crippen molar-refractivity contribution in [3.63, 3.8) is 0 Å². The first kappa shape index (κ1) is 23.9. The fourth-order valence-corrected chi connectivity index (χ4v) is 4.53. The zero-order valence-corrected chi connectivity index (χ0v) is 19.8. The number of hydrogen-bond donors (Lipinski definition) is 2. The number of fused-ring (bicyclic) bond motifs is 1. The number of carbonyl (C=O) groups is 1. The predicted molar refractivity (Wildman–Crippen MR) is 134 cm³/mol. The third kappa shape index (κ3) is 5.55. The van der Waals surface area contributed by atoms with Crippen LogP contribution < -0.4 is 10.6 Å². The van der Waals surface area contributed by atoms with E-state index in [1.165, 1.54) is 12.8 Å². The first-order chi connectivity index (χ1) is 15.7. The minimum absolute atomic E-state index is 0.0616. The molecular formula is C28H37N3O. The molecule has 0 spiro atoms. The van der Waals surface area contributed by atoms with E-state index in [-0.39, 0.29) is 23.9 Å². The molecular weight excluding hydrogens is 394 g/mol. The highest BCUT2D eigenvalue weighted by Gasteiger charge is 2.31. The predicted octanol–water partition coefficient (Wildman–Crippen LogP) is 6.00. The van der Waals surface area contributed by atoms with E-state index in [1.807, 2.05) is 75.5 Å². The first-order valence-corrected chi connectivity index (χ1v) is 12.1. The van der Waals surface area contributed by atoms with Crippen LogP contribution in [0.2, 0.25) is 0 Å². The summed E-state index contributed by atoms with van der Waals surface area (Å²) in [6, 6.07) is 20.4. The summed E-state index contributed by atoms with van der Waals surface area (Å²) in [5.74, 6) is 0.579. The molecule has 4 atom stereocenters. The average Bonchev–Trinajstić information content (AvgIpc) is 2.88. The quantitative estimate of drug-likeness (QED) is 0.503. The van der Waals surface area contributed by atoms with Gasteiger partial charge in [-0.25, -0.2) is 0 Å². The lowest BCUT2D eigenvalue weighted by Gasteiger charge is -2.36. The van der Waals surface area contributed by atoms with Gasteiger partial charge in [-0.15, -0.1) is 0 Å². The number of rotatable bonds is 6. The van der Waals surface area contributed by atoms with Crippen molar-refractivity contribution >= 4 is 16.8 Å². The second-order valence-corrected chi connectivity index (χ2v) is 8.40. The van der Waals surface area contributed by atoms with Crippen LogP contribution in [0.4, 0.5) is 0 Å². The van der Waals surface area contributed by atoms with E-state index in [1.54, 1.807) is 0 Å². The number of para-hydroxylation sites is 1. The number of amides is 1. The Morgan fingerprint density at radius 1 is 1.06 bits per heavy atom. The highest BCUT2D eigenvalue weighted by molar-refractivity contribution is 5.86. The Labute approximate surface area is 192 Å². The Hall–Kier alpha value is -2.72. The molecule has 0 radical (unpaired) electrons. The summed E-state index contributed by atoms with van der Waals surface area (Å²) >= 11 is 0. The van der Waals surface area contributed by atoms with Crippen LogP contribution >= 0.6 is 0 Å². The van der Waals surface area contributed by atoms with Gasteiger partial charge in [0, 0.05) is 17.6 Å². The van der Waals surface area contributed by atoms with Gasteiger partial charge in [-0.3, -0.25) is 9.78 Å². The third-order valence-electron chi connectivity index (χ3n) is 6.54. The van der Waals surface area contributed by atoms with E-state index in [0.29, 0.717) is 0 Å². The third-order valence-corrected chi connectivity index (χ3v) is 6.54. The summed E-state index contributed by atoms with van der Waals surface area (Å²) in [4.78, 5) is 17.8. The molecule has 1 aliphatic rings. The zero-order valence-electron chi connectivity index (χ0n) is 19.8. The van der Waals surface area contributed by atoms with Gasteiger partial charge in [-0.05, 0) is 55.5 Å². The van der Waals surface area contributed by atoms with Crippen LogP contribution in [-0.2, 0) is 4.79 Å². The molecule has 1 saturated heterocycles. The lowest BCUT2D eigenvalue weighted by Crippen LogP contribution is -2.49. The van der Waals surface area contributed by atoms with Gasteiger partial charge in [-0.1, -0.05) is 75.7 Å². The molecule has 4 rings (SSSR count). The van der Waals surface area contributed by atoms with Crippen molar-refractivity contribution in [2.45, 2.75) is 65.0 Å². The Bertz CT molecular complexity index is 975. The van der Waals surface area contributed by atoms with Gasteiger partial charge >= 0.3 is 0 Å². The normalized spacial score (nSPS) is 20.0. The number of hydrogen-bond acceptors (Lipinski definition) is 3. The molecule has 1 fully saturated rings. The van der Waals surface area contributed by atoms with Gasteiger partial charge in [0.05, 0.1) is 17.5 Å². The van der Waals surface area contributed by atoms with Gasteiger partial charge < -0.3 is 10.6 Å². The van der Waals surface area contributed by atoms with Crippen molar-refractivity contribution in [3.05, 3.63) is 78.0 Å². The molecule has 1 aromatic heterocycles. The van der Waals surface area contributed by atoms with Crippen molar-refractivity contribution in [3.8, 4) is 0 Å². The monoisotopic (exact) mass is 431 g/mol. The molecule has 2 heterocycles. The number of pyridine rings is 1. The standard InChI is InChI=1S/C26H31N3O.C2H6/c1-3-19-13-14-24(28-17-19)25(22-15-16-27-23-12-8-7-11-21(22)23)29-26(30)18(2)20-9-5-4-6-10-20;1-2/h4-12,15-16,18-19,24-25,28H,3,13-14,17H2,1-2H3,(H,29,30);1-2H3. The van der Waals surface area contributed by atoms with Crippen LogP contribution in [0.3, 0.4) is 0 Å². The molecule has 2 aromatic carbocycles. The van der Waals surface area contributed by atoms with Gasteiger partial charge in [0.15, 0.2) is 0 Å². The molecule has 2 N–H and O–H groups in total. The second-order valence-electron chi connectivity index (χ2n) is 8.40. The van der Waals surface area contributed by atoms with Crippen molar-refractivity contribution in [1.29, 1.82) is 0 Å². The van der Waals surface area contributed by atoms with Crippen LogP contribution in [0.1, 0.15) is 70.0 Å². The van der Waals surface area contributed by atoms with E-state index >= 15 is 0 Å². The second kappa shape index (κ2) is 11.8. The summed E-state index contributed by atoms with van der Waals surface area (Å²) in [7, 11) is 0. The van der Waals surface area contributed by atoms with Crippen LogP contribution in [-0.4, -0.2) is 23.5 Å². The van der Waals surface area contributed by atoms with Crippen molar-refractivity contribution in [2.24, 2.45) is 5.92 Å². The molecule has 0 saturated carbocycles. The van der Waals surface area contributed by atoms with E-state index in [2.05, 4.69) is 34.7 Å². The van der Waals surface area contributed by atoms with E-state index < -0.39 is 0 Å². The van der Waals surface area contributed by atoms with Gasteiger partial charge in [-0.2, -0.15) is 0 Å². The molecule has 170 valence electrons. The SMILES string of the molecule is CC.CCC1CCC(C(NC(=O)C(C)c2ccccc2)c2ccnc3ccccc23)NC1. The maximum Gasteiger partial charge on any atom is 0.227 e. The molecule has 3 aromatic rings. The Balaban J connectivity index is 0.00000141. The number of benzene rings is 2. The van der Waals surface area contributed by atoms with E-state index in [0.717, 1.165) is 40.9 Å². The molecule has 32 heavy (non-hydrogen) atoms. The highest BCUT2D eigenvalue weighted by Crippen LogP contribution is 2.31. The minimum Gasteiger partial charge on any atom is -0.347 e. The number of nitrogens with one attached hydrogen (secondary N) is 2. The molecule has 0 aliphatic carbocycles. The van der Waals surface area contributed by atoms with Crippen molar-refractivity contribution < 1.29 is 4.79 Å². The number of piperidine rings is 1. The summed E-state index contributed by atoms with van der Waals surface area (Å²) in [6.45, 7) is 9.24. The number of carbonyl (C=O) groups excluding carboxylic acids is 1. The fourth-order valence-electron chi connectivity index (χ4n) is 4.53. The maximum atomic E-state index is 13.3. The van der Waals surface area contributed by atoms with Crippen LogP contribution in [0, 0.1) is 5.92 Å². The highest BCUT2D eigenvalue weighted by atomic mass is 16.1. The van der Waals surface area contributed by atoms with Crippen molar-refractivity contribution in [2.75, 3.05) is 6.54 Å². The van der Waals surface area contributed by atoms with E-state index in [9.17, 15) is 4.79 Å². The molecule has 0 bridgehead atoms. The van der Waals surface area contributed by atoms with Crippen LogP contribution in [0.15, 0.2) is 66.9 Å². The lowest BCUT2D eigenvalue weighted by atomic mass is 9.86. The minimum atomic E-state index is -0.200. The molecule has 4 heteroatoms. The Morgan fingerprint density at radius 2 is 1.78 bits per heavy atom. The fraction of sp³-hybridized carbons (Fsp3) is 0.429. The topological polar surface area (TPSA) is 54.0 Å². The van der Waals surface area contributed by atoms with E-state index in [4.69, 9.17) is 0 Å². The average molecular weight is 432 g/mol. The van der Waals surface area contributed by atoms with Gasteiger partial charge in [0.2, 0.25) is 5.91 Å².